The average molecular weight is 284 g/mol. The third-order valence-electron chi connectivity index (χ3n) is 2.28. The smallest absolute Gasteiger partial charge is 0.446 e. The van der Waals surface area contributed by atoms with Crippen LogP contribution >= 0.6 is 11.8 Å². The number of benzene rings is 2. The Morgan fingerprint density at radius 2 is 1.68 bits per heavy atom. The molecule has 2 aromatic carbocycles. The van der Waals surface area contributed by atoms with Crippen molar-refractivity contribution in [2.75, 3.05) is 0 Å². The van der Waals surface area contributed by atoms with Crippen LogP contribution < -0.4 is 4.74 Å². The maximum atomic E-state index is 12.3. The number of thioether (sulfide) groups is 1. The molecule has 0 spiro atoms. The average Bonchev–Trinajstić information content (AvgIpc) is 2.36. The molecule has 0 saturated heterocycles. The van der Waals surface area contributed by atoms with E-state index in [4.69, 9.17) is 4.74 Å². The van der Waals surface area contributed by atoms with Gasteiger partial charge in [0.15, 0.2) is 0 Å². The normalized spacial score (nSPS) is 11.3. The van der Waals surface area contributed by atoms with Gasteiger partial charge in [0.1, 0.15) is 12.4 Å². The van der Waals surface area contributed by atoms with E-state index >= 15 is 0 Å². The molecule has 0 bridgehead atoms. The highest BCUT2D eigenvalue weighted by molar-refractivity contribution is 8.00. The maximum absolute atomic E-state index is 12.3. The fourth-order valence-electron chi connectivity index (χ4n) is 1.52. The van der Waals surface area contributed by atoms with Crippen molar-refractivity contribution in [1.29, 1.82) is 0 Å². The zero-order valence-electron chi connectivity index (χ0n) is 9.85. The quantitative estimate of drug-likeness (QED) is 0.740. The molecule has 0 aliphatic heterocycles. The van der Waals surface area contributed by atoms with E-state index in [1.165, 1.54) is 12.1 Å². The molecule has 0 heterocycles. The number of rotatable bonds is 4. The molecule has 0 aliphatic carbocycles. The van der Waals surface area contributed by atoms with Crippen LogP contribution in [0.25, 0.3) is 0 Å². The van der Waals surface area contributed by atoms with Crippen molar-refractivity contribution in [2.45, 2.75) is 17.0 Å². The van der Waals surface area contributed by atoms with E-state index in [9.17, 15) is 13.2 Å². The van der Waals surface area contributed by atoms with Gasteiger partial charge in [-0.15, -0.1) is 0 Å². The summed E-state index contributed by atoms with van der Waals surface area (Å²) in [6.45, 7) is 0.246. The Morgan fingerprint density at radius 1 is 0.947 bits per heavy atom. The molecule has 0 atom stereocenters. The van der Waals surface area contributed by atoms with Crippen molar-refractivity contribution in [3.8, 4) is 5.75 Å². The lowest BCUT2D eigenvalue weighted by atomic mass is 10.2. The topological polar surface area (TPSA) is 9.23 Å². The summed E-state index contributed by atoms with van der Waals surface area (Å²) in [5, 5.41) is 0. The van der Waals surface area contributed by atoms with Crippen LogP contribution in [0.4, 0.5) is 13.2 Å². The monoisotopic (exact) mass is 284 g/mol. The molecule has 2 aromatic rings. The number of halogens is 3. The van der Waals surface area contributed by atoms with Gasteiger partial charge >= 0.3 is 5.51 Å². The van der Waals surface area contributed by atoms with Crippen molar-refractivity contribution in [1.82, 2.24) is 0 Å². The molecule has 0 aromatic heterocycles. The van der Waals surface area contributed by atoms with Crippen LogP contribution in [-0.2, 0) is 6.61 Å². The first kappa shape index (κ1) is 13.8. The predicted octanol–water partition coefficient (Wildman–Crippen LogP) is 4.88. The molecule has 0 fully saturated rings. The summed E-state index contributed by atoms with van der Waals surface area (Å²) in [7, 11) is 0. The molecule has 0 unspecified atom stereocenters. The van der Waals surface area contributed by atoms with Crippen LogP contribution in [-0.4, -0.2) is 5.51 Å². The van der Waals surface area contributed by atoms with Gasteiger partial charge in [0.25, 0.3) is 0 Å². The van der Waals surface area contributed by atoms with E-state index in [2.05, 4.69) is 0 Å². The molecule has 2 rings (SSSR count). The van der Waals surface area contributed by atoms with Crippen molar-refractivity contribution in [2.24, 2.45) is 0 Å². The minimum absolute atomic E-state index is 0.119. The van der Waals surface area contributed by atoms with Gasteiger partial charge in [-0.2, -0.15) is 13.2 Å². The Hall–Kier alpha value is -1.62. The fraction of sp³-hybridized carbons (Fsp3) is 0.143. The van der Waals surface area contributed by atoms with Crippen LogP contribution in [0.3, 0.4) is 0 Å². The number of para-hydroxylation sites is 1. The van der Waals surface area contributed by atoms with Crippen LogP contribution in [0, 0.1) is 0 Å². The number of ether oxygens (including phenoxy) is 1. The lowest BCUT2D eigenvalue weighted by molar-refractivity contribution is -0.0328. The molecule has 0 amide bonds. The molecule has 5 heteroatoms. The van der Waals surface area contributed by atoms with Crippen molar-refractivity contribution < 1.29 is 17.9 Å². The molecule has 0 saturated carbocycles. The van der Waals surface area contributed by atoms with Gasteiger partial charge in [-0.3, -0.25) is 0 Å². The largest absolute Gasteiger partial charge is 0.489 e. The highest BCUT2D eigenvalue weighted by Crippen LogP contribution is 2.37. The molecular weight excluding hydrogens is 273 g/mol. The number of hydrogen-bond acceptors (Lipinski definition) is 2. The van der Waals surface area contributed by atoms with E-state index in [0.717, 1.165) is 0 Å². The van der Waals surface area contributed by atoms with E-state index in [0.29, 0.717) is 11.3 Å². The predicted molar refractivity (Wildman–Crippen MR) is 69.1 cm³/mol. The van der Waals surface area contributed by atoms with E-state index in [-0.39, 0.29) is 23.3 Å². The maximum Gasteiger partial charge on any atom is 0.446 e. The molecule has 100 valence electrons. The number of hydrogen-bond donors (Lipinski definition) is 0. The van der Waals surface area contributed by atoms with Crippen LogP contribution in [0.15, 0.2) is 59.5 Å². The van der Waals surface area contributed by atoms with Gasteiger partial charge in [0.2, 0.25) is 0 Å². The summed E-state index contributed by atoms with van der Waals surface area (Å²) in [6.07, 6.45) is 0. The van der Waals surface area contributed by atoms with Crippen LogP contribution in [0.2, 0.25) is 0 Å². The Kier molecular flexibility index (Phi) is 4.37. The lowest BCUT2D eigenvalue weighted by Crippen LogP contribution is -2.00. The van der Waals surface area contributed by atoms with Gasteiger partial charge in [0.05, 0.1) is 0 Å². The Labute approximate surface area is 113 Å². The van der Waals surface area contributed by atoms with Gasteiger partial charge < -0.3 is 4.74 Å². The van der Waals surface area contributed by atoms with Gasteiger partial charge in [0, 0.05) is 4.90 Å². The van der Waals surface area contributed by atoms with Crippen LogP contribution in [0.5, 0.6) is 5.75 Å². The van der Waals surface area contributed by atoms with E-state index in [1.54, 1.807) is 24.3 Å². The summed E-state index contributed by atoms with van der Waals surface area (Å²) in [4.78, 5) is 0.168. The minimum Gasteiger partial charge on any atom is -0.489 e. The SMILES string of the molecule is FC(F)(F)Sc1cccc(COc2ccccc2)c1. The summed E-state index contributed by atoms with van der Waals surface area (Å²) in [5.41, 5.74) is -3.56. The van der Waals surface area contributed by atoms with Crippen molar-refractivity contribution >= 4 is 11.8 Å². The summed E-state index contributed by atoms with van der Waals surface area (Å²) < 4.78 is 42.3. The first-order chi connectivity index (χ1) is 9.03. The zero-order valence-corrected chi connectivity index (χ0v) is 10.7. The second kappa shape index (κ2) is 6.02. The standard InChI is InChI=1S/C14H11F3OS/c15-14(16,17)19-13-8-4-5-11(9-13)10-18-12-6-2-1-3-7-12/h1-9H,10H2. The first-order valence-electron chi connectivity index (χ1n) is 5.55. The Balaban J connectivity index is 1.99. The third kappa shape index (κ3) is 4.87. The Bertz CT molecular complexity index is 526. The molecule has 0 aliphatic rings. The summed E-state index contributed by atoms with van der Waals surface area (Å²) >= 11 is -0.119. The summed E-state index contributed by atoms with van der Waals surface area (Å²) in [6, 6.07) is 15.4. The zero-order chi connectivity index (χ0) is 13.7. The molecular formula is C14H11F3OS. The fourth-order valence-corrected chi connectivity index (χ4v) is 2.14. The molecule has 0 N–H and O–H groups in total. The van der Waals surface area contributed by atoms with Crippen molar-refractivity contribution in [3.63, 3.8) is 0 Å². The first-order valence-corrected chi connectivity index (χ1v) is 6.37. The second-order valence-corrected chi connectivity index (χ2v) is 4.94. The molecule has 19 heavy (non-hydrogen) atoms. The lowest BCUT2D eigenvalue weighted by Gasteiger charge is -2.09. The molecule has 0 radical (unpaired) electrons. The van der Waals surface area contributed by atoms with E-state index in [1.807, 2.05) is 18.2 Å². The molecule has 1 nitrogen and oxygen atoms in total. The highest BCUT2D eigenvalue weighted by Gasteiger charge is 2.29. The third-order valence-corrected chi connectivity index (χ3v) is 3.00. The number of alkyl halides is 3. The Morgan fingerprint density at radius 3 is 2.37 bits per heavy atom. The van der Waals surface area contributed by atoms with Gasteiger partial charge in [-0.05, 0) is 41.6 Å². The van der Waals surface area contributed by atoms with E-state index < -0.39 is 5.51 Å². The minimum atomic E-state index is -4.26. The van der Waals surface area contributed by atoms with Crippen LogP contribution in [0.1, 0.15) is 5.56 Å². The second-order valence-electron chi connectivity index (χ2n) is 3.80. The summed E-state index contributed by atoms with van der Waals surface area (Å²) in [5.74, 6) is 0.691. The van der Waals surface area contributed by atoms with Gasteiger partial charge in [-0.25, -0.2) is 0 Å². The highest BCUT2D eigenvalue weighted by atomic mass is 32.2. The van der Waals surface area contributed by atoms with Gasteiger partial charge in [-0.1, -0.05) is 30.3 Å². The van der Waals surface area contributed by atoms with Crippen molar-refractivity contribution in [3.05, 3.63) is 60.2 Å².